The van der Waals surface area contributed by atoms with Gasteiger partial charge >= 0.3 is 0 Å². The van der Waals surface area contributed by atoms with E-state index in [2.05, 4.69) is 5.32 Å². The van der Waals surface area contributed by atoms with Crippen LogP contribution >= 0.6 is 11.3 Å². The van der Waals surface area contributed by atoms with E-state index in [9.17, 15) is 0 Å². The first-order valence-corrected chi connectivity index (χ1v) is 5.05. The Bertz CT molecular complexity index is 248. The number of nitrogens with one attached hydrogen (secondary N) is 1. The third-order valence-electron chi connectivity index (χ3n) is 1.58. The first-order valence-electron chi connectivity index (χ1n) is 4.24. The number of methoxy groups -OCH3 is 1. The standard InChI is InChI=1S/C9H15NO2S/c1-7(11)5-10-6-8-3-4-9(12-2)13-8/h3-4,7,10-11H,5-6H2,1-2H3/t7-/m0/s1. The molecule has 1 atom stereocenters. The second-order valence-electron chi connectivity index (χ2n) is 2.90. The lowest BCUT2D eigenvalue weighted by atomic mass is 10.4. The van der Waals surface area contributed by atoms with Crippen molar-refractivity contribution in [2.24, 2.45) is 0 Å². The van der Waals surface area contributed by atoms with E-state index in [1.807, 2.05) is 12.1 Å². The van der Waals surface area contributed by atoms with Crippen LogP contribution in [-0.4, -0.2) is 24.9 Å². The Hall–Kier alpha value is -0.580. The van der Waals surface area contributed by atoms with Crippen molar-refractivity contribution in [3.05, 3.63) is 17.0 Å². The van der Waals surface area contributed by atoms with Crippen molar-refractivity contribution in [1.29, 1.82) is 0 Å². The Labute approximate surface area is 82.4 Å². The maximum absolute atomic E-state index is 9.00. The molecule has 13 heavy (non-hydrogen) atoms. The molecule has 0 aliphatic carbocycles. The lowest BCUT2D eigenvalue weighted by Gasteiger charge is -2.04. The molecule has 74 valence electrons. The van der Waals surface area contributed by atoms with E-state index in [4.69, 9.17) is 9.84 Å². The maximum atomic E-state index is 9.00. The topological polar surface area (TPSA) is 41.5 Å². The molecule has 1 rings (SSSR count). The van der Waals surface area contributed by atoms with Gasteiger partial charge in [0.15, 0.2) is 5.06 Å². The highest BCUT2D eigenvalue weighted by molar-refractivity contribution is 7.13. The molecule has 2 N–H and O–H groups in total. The number of ether oxygens (including phenoxy) is 1. The van der Waals surface area contributed by atoms with Crippen molar-refractivity contribution in [3.63, 3.8) is 0 Å². The van der Waals surface area contributed by atoms with Gasteiger partial charge in [0.1, 0.15) is 0 Å². The van der Waals surface area contributed by atoms with Crippen molar-refractivity contribution < 1.29 is 9.84 Å². The minimum atomic E-state index is -0.290. The third kappa shape index (κ3) is 3.76. The Balaban J connectivity index is 2.28. The van der Waals surface area contributed by atoms with E-state index in [1.165, 1.54) is 4.88 Å². The highest BCUT2D eigenvalue weighted by Crippen LogP contribution is 2.23. The quantitative estimate of drug-likeness (QED) is 0.753. The van der Waals surface area contributed by atoms with Crippen LogP contribution in [0.3, 0.4) is 0 Å². The molecule has 0 aromatic carbocycles. The number of thiophene rings is 1. The van der Waals surface area contributed by atoms with Crippen LogP contribution in [0.15, 0.2) is 12.1 Å². The molecule has 0 saturated carbocycles. The number of aliphatic hydroxyl groups is 1. The van der Waals surface area contributed by atoms with Crippen LogP contribution in [0.4, 0.5) is 0 Å². The molecule has 1 aromatic heterocycles. The molecular formula is C9H15NO2S. The fraction of sp³-hybridized carbons (Fsp3) is 0.556. The van der Waals surface area contributed by atoms with Crippen LogP contribution in [0.25, 0.3) is 0 Å². The molecule has 0 radical (unpaired) electrons. The third-order valence-corrected chi connectivity index (χ3v) is 2.62. The van der Waals surface area contributed by atoms with E-state index < -0.39 is 0 Å². The highest BCUT2D eigenvalue weighted by atomic mass is 32.1. The van der Waals surface area contributed by atoms with Gasteiger partial charge in [-0.05, 0) is 19.1 Å². The first kappa shape index (κ1) is 10.5. The second kappa shape index (κ2) is 5.21. The van der Waals surface area contributed by atoms with Gasteiger partial charge in [-0.2, -0.15) is 0 Å². The van der Waals surface area contributed by atoms with E-state index in [0.29, 0.717) is 6.54 Å². The Morgan fingerprint density at radius 3 is 2.92 bits per heavy atom. The summed E-state index contributed by atoms with van der Waals surface area (Å²) in [5.74, 6) is 0. The number of aliphatic hydroxyl groups excluding tert-OH is 1. The monoisotopic (exact) mass is 201 g/mol. The Morgan fingerprint density at radius 1 is 1.62 bits per heavy atom. The summed E-state index contributed by atoms with van der Waals surface area (Å²) in [7, 11) is 1.67. The van der Waals surface area contributed by atoms with Gasteiger partial charge in [0.05, 0.1) is 13.2 Å². The largest absolute Gasteiger partial charge is 0.487 e. The fourth-order valence-electron chi connectivity index (χ4n) is 0.967. The molecule has 0 unspecified atom stereocenters. The number of rotatable bonds is 5. The predicted octanol–water partition coefficient (Wildman–Crippen LogP) is 1.23. The van der Waals surface area contributed by atoms with E-state index >= 15 is 0 Å². The van der Waals surface area contributed by atoms with Crippen molar-refractivity contribution in [3.8, 4) is 5.06 Å². The zero-order valence-electron chi connectivity index (χ0n) is 7.91. The lowest BCUT2D eigenvalue weighted by Crippen LogP contribution is -2.23. The van der Waals surface area contributed by atoms with E-state index in [-0.39, 0.29) is 6.10 Å². The maximum Gasteiger partial charge on any atom is 0.173 e. The molecule has 3 nitrogen and oxygen atoms in total. The molecule has 0 spiro atoms. The molecule has 4 heteroatoms. The summed E-state index contributed by atoms with van der Waals surface area (Å²) in [6.07, 6.45) is -0.290. The van der Waals surface area contributed by atoms with Crippen LogP contribution in [0, 0.1) is 0 Å². The summed E-state index contributed by atoms with van der Waals surface area (Å²) in [5, 5.41) is 13.1. The van der Waals surface area contributed by atoms with Crippen LogP contribution in [0.2, 0.25) is 0 Å². The van der Waals surface area contributed by atoms with Gasteiger partial charge < -0.3 is 15.2 Å². The van der Waals surface area contributed by atoms with Crippen molar-refractivity contribution in [1.82, 2.24) is 5.32 Å². The zero-order chi connectivity index (χ0) is 9.68. The van der Waals surface area contributed by atoms with Crippen LogP contribution in [-0.2, 0) is 6.54 Å². The van der Waals surface area contributed by atoms with E-state index in [1.54, 1.807) is 25.4 Å². The van der Waals surface area contributed by atoms with Gasteiger partial charge in [-0.1, -0.05) is 0 Å². The molecule has 0 aliphatic heterocycles. The van der Waals surface area contributed by atoms with Crippen LogP contribution in [0.1, 0.15) is 11.8 Å². The van der Waals surface area contributed by atoms with Crippen LogP contribution < -0.4 is 10.1 Å². The van der Waals surface area contributed by atoms with Crippen molar-refractivity contribution in [2.75, 3.05) is 13.7 Å². The number of hydrogen-bond acceptors (Lipinski definition) is 4. The molecule has 0 saturated heterocycles. The summed E-state index contributed by atoms with van der Waals surface area (Å²) < 4.78 is 5.06. The normalized spacial score (nSPS) is 12.8. The van der Waals surface area contributed by atoms with Gasteiger partial charge in [0, 0.05) is 18.0 Å². The lowest BCUT2D eigenvalue weighted by molar-refractivity contribution is 0.191. The summed E-state index contributed by atoms with van der Waals surface area (Å²) in [6, 6.07) is 3.97. The molecule has 0 fully saturated rings. The van der Waals surface area contributed by atoms with Crippen LogP contribution in [0.5, 0.6) is 5.06 Å². The van der Waals surface area contributed by atoms with E-state index in [0.717, 1.165) is 11.6 Å². The Kier molecular flexibility index (Phi) is 4.21. The predicted molar refractivity (Wildman–Crippen MR) is 54.3 cm³/mol. The van der Waals surface area contributed by atoms with Gasteiger partial charge in [0.2, 0.25) is 0 Å². The smallest absolute Gasteiger partial charge is 0.173 e. The molecule has 1 aromatic rings. The zero-order valence-corrected chi connectivity index (χ0v) is 8.73. The fourth-order valence-corrected chi connectivity index (χ4v) is 1.76. The van der Waals surface area contributed by atoms with Crippen molar-refractivity contribution >= 4 is 11.3 Å². The average Bonchev–Trinajstić information content (AvgIpc) is 2.52. The summed E-state index contributed by atoms with van der Waals surface area (Å²) in [4.78, 5) is 1.22. The van der Waals surface area contributed by atoms with Crippen molar-refractivity contribution in [2.45, 2.75) is 19.6 Å². The van der Waals surface area contributed by atoms with Gasteiger partial charge in [-0.25, -0.2) is 0 Å². The van der Waals surface area contributed by atoms with Gasteiger partial charge in [-0.15, -0.1) is 11.3 Å². The minimum Gasteiger partial charge on any atom is -0.487 e. The Morgan fingerprint density at radius 2 is 2.38 bits per heavy atom. The second-order valence-corrected chi connectivity index (χ2v) is 4.04. The summed E-state index contributed by atoms with van der Waals surface area (Å²) in [5.41, 5.74) is 0. The minimum absolute atomic E-state index is 0.290. The molecule has 1 heterocycles. The first-order chi connectivity index (χ1) is 6.22. The SMILES string of the molecule is COc1ccc(CNC[C@H](C)O)s1. The number of hydrogen-bond donors (Lipinski definition) is 2. The molecule has 0 bridgehead atoms. The average molecular weight is 201 g/mol. The van der Waals surface area contributed by atoms with Gasteiger partial charge in [0.25, 0.3) is 0 Å². The van der Waals surface area contributed by atoms with Gasteiger partial charge in [-0.3, -0.25) is 0 Å². The molecule has 0 amide bonds. The molecular weight excluding hydrogens is 186 g/mol. The molecule has 0 aliphatic rings. The summed E-state index contributed by atoms with van der Waals surface area (Å²) in [6.45, 7) is 3.18. The highest BCUT2D eigenvalue weighted by Gasteiger charge is 1.99. The summed E-state index contributed by atoms with van der Waals surface area (Å²) >= 11 is 1.62.